The van der Waals surface area contributed by atoms with E-state index in [2.05, 4.69) is 140 Å². The average Bonchev–Trinajstić information content (AvgIpc) is 3.60. The van der Waals surface area contributed by atoms with Crippen LogP contribution in [0.25, 0.3) is 101 Å². The fourth-order valence-electron chi connectivity index (χ4n) is 10.1. The number of aromatic nitrogens is 3. The Morgan fingerprint density at radius 1 is 0.364 bits per heavy atom. The number of rotatable bonds is 4. The first-order valence-electron chi connectivity index (χ1n) is 22.2. The van der Waals surface area contributed by atoms with Crippen LogP contribution in [-0.2, 0) is 15.3 Å². The smallest absolute Gasteiger partial charge is 0.207 e. The maximum Gasteiger partial charge on any atom is 0.207 e. The van der Waals surface area contributed by atoms with Gasteiger partial charge in [-0.25, -0.2) is 18.4 Å². The van der Waals surface area contributed by atoms with E-state index in [1.54, 1.807) is 12.3 Å². The second-order valence-electron chi connectivity index (χ2n) is 17.6. The van der Waals surface area contributed by atoms with E-state index in [-0.39, 0.29) is 9.79 Å². The summed E-state index contributed by atoms with van der Waals surface area (Å²) in [7, 11) is -4.17. The van der Waals surface area contributed by atoms with Gasteiger partial charge in [-0.05, 0) is 103 Å². The van der Waals surface area contributed by atoms with Crippen LogP contribution in [0.4, 0.5) is 0 Å². The standard InChI is InChI=1S/C60H41N3O2S/c1-60(2)53-24-12-10-22-48(53)51-34-52-50-33-41(59-62-55(39-15-4-3-5-16-39)36-56(63-59)40-28-26-38(27-29-40)42-17-14-32-61-37-42)30-31-47(50)45-20-7-6-18-43(45)44-19-8-9-21-46(44)49-23-11-13-25-57(49)66(64,65)58(52)35-54(51)60/h3-37H,1-2H3. The number of hydrogen-bond donors (Lipinski definition) is 0. The number of hydrogen-bond acceptors (Lipinski definition) is 5. The van der Waals surface area contributed by atoms with Gasteiger partial charge in [-0.3, -0.25) is 4.98 Å². The van der Waals surface area contributed by atoms with Crippen molar-refractivity contribution in [3.05, 3.63) is 224 Å². The highest BCUT2D eigenvalue weighted by Crippen LogP contribution is 2.54. The molecule has 0 saturated carbocycles. The minimum absolute atomic E-state index is 0.262. The maximum atomic E-state index is 15.9. The second kappa shape index (κ2) is 15.3. The van der Waals surface area contributed by atoms with Crippen LogP contribution in [0.1, 0.15) is 25.0 Å². The minimum atomic E-state index is -4.17. The summed E-state index contributed by atoms with van der Waals surface area (Å²) >= 11 is 0. The topological polar surface area (TPSA) is 72.8 Å². The van der Waals surface area contributed by atoms with Gasteiger partial charge in [-0.15, -0.1) is 0 Å². The van der Waals surface area contributed by atoms with Gasteiger partial charge in [0.05, 0.1) is 21.2 Å². The van der Waals surface area contributed by atoms with Crippen LogP contribution in [0, 0.1) is 0 Å². The average molecular weight is 868 g/mol. The summed E-state index contributed by atoms with van der Waals surface area (Å²) < 4.78 is 31.7. The van der Waals surface area contributed by atoms with Crippen LogP contribution in [0.15, 0.2) is 222 Å². The van der Waals surface area contributed by atoms with Gasteiger partial charge in [0.15, 0.2) is 5.82 Å². The summed E-state index contributed by atoms with van der Waals surface area (Å²) in [4.78, 5) is 15.4. The number of benzene rings is 8. The first-order chi connectivity index (χ1) is 32.2. The molecule has 0 atom stereocenters. The lowest BCUT2D eigenvalue weighted by Crippen LogP contribution is -2.16. The molecule has 0 fully saturated rings. The van der Waals surface area contributed by atoms with Gasteiger partial charge in [-0.1, -0.05) is 178 Å². The van der Waals surface area contributed by atoms with Crippen molar-refractivity contribution in [1.82, 2.24) is 15.0 Å². The number of sulfone groups is 1. The van der Waals surface area contributed by atoms with Gasteiger partial charge in [0, 0.05) is 45.6 Å². The Hall–Kier alpha value is -8.06. The third-order valence-electron chi connectivity index (χ3n) is 13.4. The van der Waals surface area contributed by atoms with Gasteiger partial charge < -0.3 is 0 Å². The van der Waals surface area contributed by atoms with E-state index in [1.807, 2.05) is 79.0 Å². The lowest BCUT2D eigenvalue weighted by atomic mass is 9.81. The van der Waals surface area contributed by atoms with E-state index in [9.17, 15) is 0 Å². The van der Waals surface area contributed by atoms with E-state index in [0.717, 1.165) is 89.3 Å². The van der Waals surface area contributed by atoms with Gasteiger partial charge in [-0.2, -0.15) is 0 Å². The van der Waals surface area contributed by atoms with Crippen molar-refractivity contribution in [1.29, 1.82) is 0 Å². The summed E-state index contributed by atoms with van der Waals surface area (Å²) in [5.41, 5.74) is 16.9. The molecule has 66 heavy (non-hydrogen) atoms. The second-order valence-corrected chi connectivity index (χ2v) is 19.4. The van der Waals surface area contributed by atoms with Crippen molar-refractivity contribution in [2.45, 2.75) is 29.1 Å². The number of fused-ring (bicyclic) bond motifs is 12. The minimum Gasteiger partial charge on any atom is -0.264 e. The van der Waals surface area contributed by atoms with Gasteiger partial charge in [0.2, 0.25) is 9.84 Å². The Bertz CT molecular complexity index is 3680. The molecular weight excluding hydrogens is 827 g/mol. The Balaban J connectivity index is 1.16. The van der Waals surface area contributed by atoms with E-state index in [4.69, 9.17) is 9.97 Å². The van der Waals surface area contributed by atoms with E-state index in [1.165, 1.54) is 5.56 Å². The molecule has 1 aliphatic heterocycles. The Morgan fingerprint density at radius 3 is 1.56 bits per heavy atom. The fraction of sp³-hybridized carbons (Fsp3) is 0.0500. The van der Waals surface area contributed by atoms with Crippen LogP contribution in [0.2, 0.25) is 0 Å². The highest BCUT2D eigenvalue weighted by molar-refractivity contribution is 7.91. The molecule has 0 amide bonds. The van der Waals surface area contributed by atoms with E-state index >= 15 is 8.42 Å². The molecule has 10 aromatic rings. The normalized spacial score (nSPS) is 13.7. The molecule has 2 aromatic heterocycles. The van der Waals surface area contributed by atoms with Crippen molar-refractivity contribution >= 4 is 9.84 Å². The highest BCUT2D eigenvalue weighted by Gasteiger charge is 2.39. The lowest BCUT2D eigenvalue weighted by Gasteiger charge is -2.24. The quantitative estimate of drug-likeness (QED) is 0.176. The largest absolute Gasteiger partial charge is 0.264 e. The van der Waals surface area contributed by atoms with Crippen molar-refractivity contribution in [2.75, 3.05) is 0 Å². The molecule has 5 nitrogen and oxygen atoms in total. The lowest BCUT2D eigenvalue weighted by molar-refractivity contribution is 0.596. The van der Waals surface area contributed by atoms with Crippen LogP contribution >= 0.6 is 0 Å². The van der Waals surface area contributed by atoms with Crippen LogP contribution in [-0.4, -0.2) is 23.4 Å². The monoisotopic (exact) mass is 867 g/mol. The Labute approximate surface area is 384 Å². The van der Waals surface area contributed by atoms with Crippen molar-refractivity contribution in [3.63, 3.8) is 0 Å². The first kappa shape index (κ1) is 39.5. The molecule has 6 heteroatoms. The third kappa shape index (κ3) is 6.36. The molecule has 12 rings (SSSR count). The first-order valence-corrected chi connectivity index (χ1v) is 23.6. The Morgan fingerprint density at radius 2 is 0.894 bits per heavy atom. The molecule has 1 aliphatic carbocycles. The molecule has 0 unspecified atom stereocenters. The van der Waals surface area contributed by atoms with Crippen molar-refractivity contribution in [2.24, 2.45) is 0 Å². The molecular formula is C60H41N3O2S. The molecule has 0 spiro atoms. The van der Waals surface area contributed by atoms with Crippen LogP contribution in [0.3, 0.4) is 0 Å². The van der Waals surface area contributed by atoms with E-state index < -0.39 is 15.3 Å². The summed E-state index contributed by atoms with van der Waals surface area (Å²) in [6.45, 7) is 4.38. The summed E-state index contributed by atoms with van der Waals surface area (Å²) in [5.74, 6) is 0.529. The molecule has 0 N–H and O–H groups in total. The zero-order chi connectivity index (χ0) is 44.6. The summed E-state index contributed by atoms with van der Waals surface area (Å²) in [6.07, 6.45) is 3.64. The van der Waals surface area contributed by atoms with Gasteiger partial charge in [0.1, 0.15) is 0 Å². The van der Waals surface area contributed by atoms with E-state index in [0.29, 0.717) is 17.0 Å². The molecule has 314 valence electrons. The zero-order valence-electron chi connectivity index (χ0n) is 36.3. The summed E-state index contributed by atoms with van der Waals surface area (Å²) in [5, 5.41) is 0. The number of nitrogens with zero attached hydrogens (tertiary/aromatic N) is 3. The van der Waals surface area contributed by atoms with Crippen LogP contribution < -0.4 is 0 Å². The van der Waals surface area contributed by atoms with Crippen molar-refractivity contribution in [3.8, 4) is 101 Å². The maximum absolute atomic E-state index is 15.9. The third-order valence-corrected chi connectivity index (χ3v) is 15.3. The molecule has 0 bridgehead atoms. The number of pyridine rings is 1. The van der Waals surface area contributed by atoms with Crippen LogP contribution in [0.5, 0.6) is 0 Å². The molecule has 2 aliphatic rings. The SMILES string of the molecule is CC1(C)c2ccccc2-c2cc3c(cc21)S(=O)(=O)c1ccccc1-c1ccccc1-c1ccccc1-c1ccc(-c2nc(-c4ccccc4)cc(-c4ccc(-c5cccnc5)cc4)n2)cc1-3. The summed E-state index contributed by atoms with van der Waals surface area (Å²) in [6, 6.07) is 67.4. The fourth-order valence-corrected chi connectivity index (χ4v) is 11.8. The Kier molecular flexibility index (Phi) is 9.16. The molecule has 0 saturated heterocycles. The zero-order valence-corrected chi connectivity index (χ0v) is 37.1. The van der Waals surface area contributed by atoms with Gasteiger partial charge >= 0.3 is 0 Å². The highest BCUT2D eigenvalue weighted by atomic mass is 32.2. The molecule has 3 heterocycles. The predicted molar refractivity (Wildman–Crippen MR) is 266 cm³/mol. The van der Waals surface area contributed by atoms with Gasteiger partial charge in [0.25, 0.3) is 0 Å². The molecule has 8 aromatic carbocycles. The molecule has 0 radical (unpaired) electrons. The van der Waals surface area contributed by atoms with Crippen molar-refractivity contribution < 1.29 is 8.42 Å². The predicted octanol–water partition coefficient (Wildman–Crippen LogP) is 14.7.